The molecular formula is C29H43F3O5Si. The zero-order valence-corrected chi connectivity index (χ0v) is 24.9. The predicted molar refractivity (Wildman–Crippen MR) is 145 cm³/mol. The van der Waals surface area contributed by atoms with Gasteiger partial charge in [0.2, 0.25) is 0 Å². The Morgan fingerprint density at radius 3 is 2.47 bits per heavy atom. The number of ether oxygens (including phenoxy) is 3. The van der Waals surface area contributed by atoms with Gasteiger partial charge in [0.15, 0.2) is 5.79 Å². The molecule has 1 aliphatic rings. The number of rotatable bonds is 10. The van der Waals surface area contributed by atoms with E-state index in [2.05, 4.69) is 31.5 Å². The topological polar surface area (TPSA) is 65.0 Å². The number of carbonyl (C=O) groups is 1. The van der Waals surface area contributed by atoms with E-state index in [9.17, 15) is 23.1 Å². The average molecular weight is 557 g/mol. The van der Waals surface area contributed by atoms with Crippen LogP contribution in [0.25, 0.3) is 0 Å². The van der Waals surface area contributed by atoms with Gasteiger partial charge in [-0.05, 0) is 64.1 Å². The van der Waals surface area contributed by atoms with Gasteiger partial charge in [-0.1, -0.05) is 56.1 Å². The third-order valence-electron chi connectivity index (χ3n) is 6.54. The Hall–Kier alpha value is -1.86. The molecule has 4 atom stereocenters. The summed E-state index contributed by atoms with van der Waals surface area (Å²) in [5.74, 6) is 2.12. The van der Waals surface area contributed by atoms with Crippen molar-refractivity contribution in [2.24, 2.45) is 5.92 Å². The van der Waals surface area contributed by atoms with Gasteiger partial charge in [-0.25, -0.2) is 4.79 Å². The van der Waals surface area contributed by atoms with E-state index in [0.29, 0.717) is 31.4 Å². The summed E-state index contributed by atoms with van der Waals surface area (Å²) in [4.78, 5) is 13.0. The van der Waals surface area contributed by atoms with Gasteiger partial charge in [0.05, 0.1) is 24.2 Å². The van der Waals surface area contributed by atoms with Crippen LogP contribution in [0.1, 0.15) is 67.1 Å². The summed E-state index contributed by atoms with van der Waals surface area (Å²) in [6.07, 6.45) is -5.53. The Bertz CT molecular complexity index is 1020. The van der Waals surface area contributed by atoms with Crippen LogP contribution in [0.4, 0.5) is 13.2 Å². The SMILES string of the molecule is Cc1cc(C)c(C(=O)OCC[Si](C)(C)C)c(CCC[C@@H]2OC(C)(C)O[C@@H]2C(O)C#CC[C@@H](C)C(F)(F)F)c1. The minimum absolute atomic E-state index is 0.311. The summed E-state index contributed by atoms with van der Waals surface area (Å²) in [5, 5.41) is 10.6. The zero-order valence-electron chi connectivity index (χ0n) is 23.9. The van der Waals surface area contributed by atoms with Gasteiger partial charge in [-0.15, -0.1) is 0 Å². The highest BCUT2D eigenvalue weighted by molar-refractivity contribution is 6.76. The predicted octanol–water partition coefficient (Wildman–Crippen LogP) is 6.59. The molecule has 0 bridgehead atoms. The number of esters is 1. The molecule has 0 spiro atoms. The minimum atomic E-state index is -4.33. The molecule has 0 aliphatic carbocycles. The maximum absolute atomic E-state index is 13.0. The number of aliphatic hydroxyl groups excluding tert-OH is 1. The third-order valence-corrected chi connectivity index (χ3v) is 8.24. The van der Waals surface area contributed by atoms with Crippen molar-refractivity contribution >= 4 is 14.0 Å². The van der Waals surface area contributed by atoms with E-state index >= 15 is 0 Å². The number of hydrogen-bond donors (Lipinski definition) is 1. The smallest absolute Gasteiger partial charge is 0.392 e. The summed E-state index contributed by atoms with van der Waals surface area (Å²) in [7, 11) is -1.33. The molecule has 214 valence electrons. The molecule has 1 aromatic carbocycles. The molecule has 2 rings (SSSR count). The quantitative estimate of drug-likeness (QED) is 0.200. The van der Waals surface area contributed by atoms with Crippen LogP contribution in [0.3, 0.4) is 0 Å². The second-order valence-electron chi connectivity index (χ2n) is 12.0. The van der Waals surface area contributed by atoms with E-state index < -0.39 is 50.7 Å². The van der Waals surface area contributed by atoms with Crippen LogP contribution in [0.2, 0.25) is 25.7 Å². The van der Waals surface area contributed by atoms with Crippen molar-refractivity contribution in [1.29, 1.82) is 0 Å². The molecule has 0 saturated carbocycles. The average Bonchev–Trinajstić information content (AvgIpc) is 3.05. The Morgan fingerprint density at radius 2 is 1.87 bits per heavy atom. The maximum Gasteiger partial charge on any atom is 0.392 e. The second-order valence-corrected chi connectivity index (χ2v) is 17.6. The van der Waals surface area contributed by atoms with Gasteiger partial charge in [0.1, 0.15) is 12.2 Å². The van der Waals surface area contributed by atoms with Crippen molar-refractivity contribution in [1.82, 2.24) is 0 Å². The summed E-state index contributed by atoms with van der Waals surface area (Å²) >= 11 is 0. The first kappa shape index (κ1) is 32.3. The molecule has 1 unspecified atom stereocenters. The standard InChI is InChI=1S/C29H43F3O5Si/c1-19-17-20(2)25(27(34)35-15-16-38(6,7)8)22(18-19)12-10-14-24-26(37-28(4,5)36-24)23(33)13-9-11-21(3)29(30,31)32/h17-18,21,23-24,26,33H,10-12,14-16H2,1-8H3/t21-,23?,24+,26-/m1/s1. The number of benzene rings is 1. The van der Waals surface area contributed by atoms with Crippen molar-refractivity contribution in [2.45, 2.75) is 116 Å². The minimum Gasteiger partial charge on any atom is -0.462 e. The first-order chi connectivity index (χ1) is 17.4. The van der Waals surface area contributed by atoms with E-state index in [1.165, 1.54) is 0 Å². The van der Waals surface area contributed by atoms with E-state index in [1.54, 1.807) is 13.8 Å². The van der Waals surface area contributed by atoms with Gasteiger partial charge in [0, 0.05) is 14.5 Å². The highest BCUT2D eigenvalue weighted by Gasteiger charge is 2.44. The van der Waals surface area contributed by atoms with Crippen LogP contribution in [-0.4, -0.2) is 56.0 Å². The first-order valence-electron chi connectivity index (χ1n) is 13.3. The summed E-state index contributed by atoms with van der Waals surface area (Å²) in [5.41, 5.74) is 3.42. The van der Waals surface area contributed by atoms with Crippen LogP contribution in [-0.2, 0) is 20.6 Å². The molecule has 0 aromatic heterocycles. The number of carbonyl (C=O) groups excluding carboxylic acids is 1. The Kier molecular flexibility index (Phi) is 11.1. The number of aliphatic hydroxyl groups is 1. The van der Waals surface area contributed by atoms with Crippen molar-refractivity contribution in [3.8, 4) is 11.8 Å². The maximum atomic E-state index is 13.0. The van der Waals surface area contributed by atoms with Crippen molar-refractivity contribution < 1.29 is 37.3 Å². The largest absolute Gasteiger partial charge is 0.462 e. The number of alkyl halides is 3. The number of aryl methyl sites for hydroxylation is 3. The Morgan fingerprint density at radius 1 is 1.21 bits per heavy atom. The van der Waals surface area contributed by atoms with Gasteiger partial charge in [0.25, 0.3) is 0 Å². The molecule has 5 nitrogen and oxygen atoms in total. The molecule has 1 aliphatic heterocycles. The highest BCUT2D eigenvalue weighted by Crippen LogP contribution is 2.33. The van der Waals surface area contributed by atoms with E-state index in [-0.39, 0.29) is 5.97 Å². The molecule has 9 heteroatoms. The Labute approximate surface area is 226 Å². The lowest BCUT2D eigenvalue weighted by Gasteiger charge is -2.20. The van der Waals surface area contributed by atoms with Crippen LogP contribution in [0.15, 0.2) is 12.1 Å². The second kappa shape index (κ2) is 13.0. The van der Waals surface area contributed by atoms with Crippen LogP contribution >= 0.6 is 0 Å². The van der Waals surface area contributed by atoms with Gasteiger partial charge >= 0.3 is 12.1 Å². The van der Waals surface area contributed by atoms with E-state index in [1.807, 2.05) is 26.0 Å². The summed E-state index contributed by atoms with van der Waals surface area (Å²) < 4.78 is 55.7. The van der Waals surface area contributed by atoms with Gasteiger partial charge < -0.3 is 19.3 Å². The lowest BCUT2D eigenvalue weighted by molar-refractivity contribution is -0.167. The van der Waals surface area contributed by atoms with Crippen molar-refractivity contribution in [3.05, 3.63) is 34.4 Å². The number of halogens is 3. The molecule has 1 saturated heterocycles. The van der Waals surface area contributed by atoms with Crippen LogP contribution in [0, 0.1) is 31.6 Å². The van der Waals surface area contributed by atoms with Crippen molar-refractivity contribution in [2.75, 3.05) is 6.61 Å². The molecule has 1 aromatic rings. The Balaban J connectivity index is 2.07. The van der Waals surface area contributed by atoms with E-state index in [4.69, 9.17) is 14.2 Å². The molecule has 0 radical (unpaired) electrons. The van der Waals surface area contributed by atoms with Crippen LogP contribution < -0.4 is 0 Å². The molecule has 38 heavy (non-hydrogen) atoms. The monoisotopic (exact) mass is 556 g/mol. The molecule has 1 heterocycles. The fraction of sp³-hybridized carbons (Fsp3) is 0.690. The summed E-state index contributed by atoms with van der Waals surface area (Å²) in [6, 6.07) is 4.87. The lowest BCUT2D eigenvalue weighted by atomic mass is 9.93. The zero-order chi connectivity index (χ0) is 28.9. The summed E-state index contributed by atoms with van der Waals surface area (Å²) in [6.45, 7) is 15.5. The molecule has 1 fully saturated rings. The molecular weight excluding hydrogens is 513 g/mol. The first-order valence-corrected chi connectivity index (χ1v) is 17.0. The molecule has 0 amide bonds. The number of hydrogen-bond acceptors (Lipinski definition) is 5. The van der Waals surface area contributed by atoms with Crippen LogP contribution in [0.5, 0.6) is 0 Å². The third kappa shape index (κ3) is 10.0. The molecule has 1 N–H and O–H groups in total. The van der Waals surface area contributed by atoms with Gasteiger partial charge in [-0.3, -0.25) is 0 Å². The van der Waals surface area contributed by atoms with Gasteiger partial charge in [-0.2, -0.15) is 13.2 Å². The van der Waals surface area contributed by atoms with Crippen molar-refractivity contribution in [3.63, 3.8) is 0 Å². The highest BCUT2D eigenvalue weighted by atomic mass is 28.3. The van der Waals surface area contributed by atoms with E-state index in [0.717, 1.165) is 29.7 Å². The normalized spacial score (nSPS) is 20.9. The fourth-order valence-electron chi connectivity index (χ4n) is 4.43. The lowest BCUT2D eigenvalue weighted by Crippen LogP contribution is -2.34. The fourth-order valence-corrected chi connectivity index (χ4v) is 5.14.